The Hall–Kier alpha value is -2.05. The van der Waals surface area contributed by atoms with Crippen molar-refractivity contribution in [2.24, 2.45) is 0 Å². The van der Waals surface area contributed by atoms with Crippen molar-refractivity contribution in [3.63, 3.8) is 0 Å². The lowest BCUT2D eigenvalue weighted by atomic mass is 10.2. The highest BCUT2D eigenvalue weighted by molar-refractivity contribution is 7.98. The molecule has 0 atom stereocenters. The SMILES string of the molecule is COc1ccc(-c2nc(CSc3ccc(F)cc3)cs2)c(OC)c1. The summed E-state index contributed by atoms with van der Waals surface area (Å²) in [4.78, 5) is 5.70. The van der Waals surface area contributed by atoms with E-state index in [0.717, 1.165) is 38.4 Å². The molecule has 0 amide bonds. The number of rotatable bonds is 6. The summed E-state index contributed by atoms with van der Waals surface area (Å²) in [5.41, 5.74) is 1.93. The Morgan fingerprint density at radius 3 is 2.58 bits per heavy atom. The normalized spacial score (nSPS) is 10.6. The second kappa shape index (κ2) is 7.68. The molecule has 0 unspecified atom stereocenters. The first-order valence-corrected chi connectivity index (χ1v) is 9.11. The van der Waals surface area contributed by atoms with Gasteiger partial charge in [-0.3, -0.25) is 0 Å². The Balaban J connectivity index is 1.74. The Morgan fingerprint density at radius 2 is 1.88 bits per heavy atom. The third-order valence-electron chi connectivity index (χ3n) is 3.39. The predicted octanol–water partition coefficient (Wildman–Crippen LogP) is 5.26. The van der Waals surface area contributed by atoms with Gasteiger partial charge in [0.15, 0.2) is 0 Å². The summed E-state index contributed by atoms with van der Waals surface area (Å²) in [6.07, 6.45) is 0. The van der Waals surface area contributed by atoms with Crippen LogP contribution in [0.5, 0.6) is 11.5 Å². The fourth-order valence-corrected chi connectivity index (χ4v) is 3.91. The maximum Gasteiger partial charge on any atom is 0.132 e. The van der Waals surface area contributed by atoms with Crippen molar-refractivity contribution in [3.8, 4) is 22.1 Å². The van der Waals surface area contributed by atoms with Crippen LogP contribution >= 0.6 is 23.1 Å². The molecule has 0 aliphatic heterocycles. The molecular weight excluding hydrogens is 345 g/mol. The number of aromatic nitrogens is 1. The molecule has 0 saturated heterocycles. The number of hydrogen-bond acceptors (Lipinski definition) is 5. The first kappa shape index (κ1) is 16.8. The van der Waals surface area contributed by atoms with E-state index in [1.165, 1.54) is 12.1 Å². The summed E-state index contributed by atoms with van der Waals surface area (Å²) < 4.78 is 23.6. The molecule has 1 heterocycles. The number of thioether (sulfide) groups is 1. The standard InChI is InChI=1S/C18H16FNO2S2/c1-21-14-5-8-16(17(9-14)22-2)18-20-13(11-24-18)10-23-15-6-3-12(19)4-7-15/h3-9,11H,10H2,1-2H3. The molecule has 0 spiro atoms. The van der Waals surface area contributed by atoms with Crippen molar-refractivity contribution in [2.75, 3.05) is 14.2 Å². The monoisotopic (exact) mass is 361 g/mol. The minimum absolute atomic E-state index is 0.220. The highest BCUT2D eigenvalue weighted by Gasteiger charge is 2.12. The van der Waals surface area contributed by atoms with Crippen molar-refractivity contribution >= 4 is 23.1 Å². The molecule has 1 aromatic heterocycles. The summed E-state index contributed by atoms with van der Waals surface area (Å²) in [7, 11) is 3.26. The first-order valence-electron chi connectivity index (χ1n) is 7.25. The summed E-state index contributed by atoms with van der Waals surface area (Å²) in [5, 5.41) is 2.94. The van der Waals surface area contributed by atoms with Crippen molar-refractivity contribution in [3.05, 3.63) is 59.4 Å². The Kier molecular flexibility index (Phi) is 5.37. The summed E-state index contributed by atoms with van der Waals surface area (Å²) in [6, 6.07) is 12.2. The molecule has 2 aromatic carbocycles. The number of thiazole rings is 1. The van der Waals surface area contributed by atoms with Crippen LogP contribution in [0.1, 0.15) is 5.69 Å². The van der Waals surface area contributed by atoms with Crippen LogP contribution in [-0.4, -0.2) is 19.2 Å². The van der Waals surface area contributed by atoms with Crippen molar-refractivity contribution < 1.29 is 13.9 Å². The molecule has 0 fully saturated rings. The van der Waals surface area contributed by atoms with Gasteiger partial charge in [0.2, 0.25) is 0 Å². The van der Waals surface area contributed by atoms with Crippen LogP contribution < -0.4 is 9.47 Å². The molecule has 124 valence electrons. The van der Waals surface area contributed by atoms with E-state index >= 15 is 0 Å². The van der Waals surface area contributed by atoms with Gasteiger partial charge in [-0.15, -0.1) is 23.1 Å². The highest BCUT2D eigenvalue weighted by atomic mass is 32.2. The lowest BCUT2D eigenvalue weighted by Crippen LogP contribution is -1.90. The number of hydrogen-bond donors (Lipinski definition) is 0. The highest BCUT2D eigenvalue weighted by Crippen LogP contribution is 2.35. The molecular formula is C18H16FNO2S2. The zero-order valence-electron chi connectivity index (χ0n) is 13.3. The van der Waals surface area contributed by atoms with Crippen molar-refractivity contribution in [2.45, 2.75) is 10.6 Å². The van der Waals surface area contributed by atoms with Crippen LogP contribution in [0.4, 0.5) is 4.39 Å². The fraction of sp³-hybridized carbons (Fsp3) is 0.167. The molecule has 0 aliphatic carbocycles. The van der Waals surface area contributed by atoms with Crippen LogP contribution in [0.15, 0.2) is 52.7 Å². The van der Waals surface area contributed by atoms with Crippen molar-refractivity contribution in [1.82, 2.24) is 4.98 Å². The lowest BCUT2D eigenvalue weighted by Gasteiger charge is -2.08. The smallest absolute Gasteiger partial charge is 0.132 e. The number of halogens is 1. The van der Waals surface area contributed by atoms with Crippen LogP contribution in [0.25, 0.3) is 10.6 Å². The molecule has 24 heavy (non-hydrogen) atoms. The van der Waals surface area contributed by atoms with Gasteiger partial charge in [0, 0.05) is 22.1 Å². The molecule has 0 bridgehead atoms. The van der Waals surface area contributed by atoms with Crippen LogP contribution in [0.3, 0.4) is 0 Å². The molecule has 0 aliphatic rings. The molecule has 0 N–H and O–H groups in total. The topological polar surface area (TPSA) is 31.4 Å². The summed E-state index contributed by atoms with van der Waals surface area (Å²) >= 11 is 3.21. The van der Waals surface area contributed by atoms with Gasteiger partial charge in [0.05, 0.1) is 25.5 Å². The van der Waals surface area contributed by atoms with Crippen LogP contribution in [-0.2, 0) is 5.75 Å². The number of ether oxygens (including phenoxy) is 2. The second-order valence-electron chi connectivity index (χ2n) is 4.95. The molecule has 0 radical (unpaired) electrons. The van der Waals surface area contributed by atoms with Gasteiger partial charge in [-0.1, -0.05) is 0 Å². The van der Waals surface area contributed by atoms with E-state index in [1.54, 1.807) is 49.5 Å². The third-order valence-corrected chi connectivity index (χ3v) is 5.36. The van der Waals surface area contributed by atoms with Gasteiger partial charge in [-0.2, -0.15) is 0 Å². The predicted molar refractivity (Wildman–Crippen MR) is 96.6 cm³/mol. The Morgan fingerprint density at radius 1 is 1.08 bits per heavy atom. The zero-order chi connectivity index (χ0) is 16.9. The van der Waals surface area contributed by atoms with E-state index < -0.39 is 0 Å². The van der Waals surface area contributed by atoms with Crippen LogP contribution in [0, 0.1) is 5.82 Å². The quantitative estimate of drug-likeness (QED) is 0.561. The number of nitrogens with zero attached hydrogens (tertiary/aromatic N) is 1. The van der Waals surface area contributed by atoms with E-state index in [2.05, 4.69) is 4.98 Å². The fourth-order valence-electron chi connectivity index (χ4n) is 2.16. The lowest BCUT2D eigenvalue weighted by molar-refractivity contribution is 0.395. The minimum Gasteiger partial charge on any atom is -0.497 e. The Bertz CT molecular complexity index is 818. The summed E-state index contributed by atoms with van der Waals surface area (Å²) in [6.45, 7) is 0. The van der Waals surface area contributed by atoms with Crippen molar-refractivity contribution in [1.29, 1.82) is 0 Å². The minimum atomic E-state index is -0.220. The third kappa shape index (κ3) is 3.88. The maximum absolute atomic E-state index is 12.9. The van der Waals surface area contributed by atoms with E-state index in [1.807, 2.05) is 23.6 Å². The van der Waals surface area contributed by atoms with Gasteiger partial charge in [-0.25, -0.2) is 9.37 Å². The van der Waals surface area contributed by atoms with Gasteiger partial charge in [0.1, 0.15) is 22.3 Å². The maximum atomic E-state index is 12.9. The average Bonchev–Trinajstić information content (AvgIpc) is 3.09. The van der Waals surface area contributed by atoms with Gasteiger partial charge in [-0.05, 0) is 36.4 Å². The average molecular weight is 361 g/mol. The second-order valence-corrected chi connectivity index (χ2v) is 6.86. The first-order chi connectivity index (χ1) is 11.7. The molecule has 3 nitrogen and oxygen atoms in total. The molecule has 6 heteroatoms. The zero-order valence-corrected chi connectivity index (χ0v) is 14.9. The Labute approximate surface area is 148 Å². The van der Waals surface area contributed by atoms with E-state index in [-0.39, 0.29) is 5.82 Å². The van der Waals surface area contributed by atoms with Crippen LogP contribution in [0.2, 0.25) is 0 Å². The van der Waals surface area contributed by atoms with Gasteiger partial charge >= 0.3 is 0 Å². The van der Waals surface area contributed by atoms with E-state index in [0.29, 0.717) is 0 Å². The van der Waals surface area contributed by atoms with Gasteiger partial charge < -0.3 is 9.47 Å². The summed E-state index contributed by atoms with van der Waals surface area (Å²) in [5.74, 6) is 2.00. The molecule has 3 rings (SSSR count). The number of benzene rings is 2. The molecule has 0 saturated carbocycles. The van der Waals surface area contributed by atoms with Gasteiger partial charge in [0.25, 0.3) is 0 Å². The van der Waals surface area contributed by atoms with E-state index in [9.17, 15) is 4.39 Å². The number of methoxy groups -OCH3 is 2. The van der Waals surface area contributed by atoms with E-state index in [4.69, 9.17) is 9.47 Å². The molecule has 3 aromatic rings. The largest absolute Gasteiger partial charge is 0.497 e.